The molecule has 0 fully saturated rings. The van der Waals surface area contributed by atoms with E-state index in [-0.39, 0.29) is 5.91 Å². The van der Waals surface area contributed by atoms with Gasteiger partial charge >= 0.3 is 0 Å². The van der Waals surface area contributed by atoms with Crippen molar-refractivity contribution in [2.75, 3.05) is 7.05 Å². The van der Waals surface area contributed by atoms with Crippen LogP contribution in [-0.2, 0) is 0 Å². The highest BCUT2D eigenvalue weighted by Gasteiger charge is 2.32. The Kier molecular flexibility index (Phi) is 1.93. The molecule has 0 aliphatic carbocycles. The van der Waals surface area contributed by atoms with E-state index in [0.29, 0.717) is 4.99 Å². The van der Waals surface area contributed by atoms with Gasteiger partial charge in [0, 0.05) is 12.6 Å². The number of aryl methyl sites for hydroxylation is 2. The molecule has 1 heterocycles. The quantitative estimate of drug-likeness (QED) is 0.604. The van der Waals surface area contributed by atoms with Crippen LogP contribution in [0.4, 0.5) is 0 Å². The van der Waals surface area contributed by atoms with Gasteiger partial charge in [-0.3, -0.25) is 4.79 Å². The number of carbonyl (C=O) groups excluding carboxylic acids is 1. The molecule has 0 saturated heterocycles. The molecule has 1 aliphatic rings. The lowest BCUT2D eigenvalue weighted by Gasteiger charge is -2.06. The van der Waals surface area contributed by atoms with E-state index >= 15 is 0 Å². The third kappa shape index (κ3) is 1.02. The normalized spacial score (nSPS) is 14.9. The molecule has 0 saturated carbocycles. The molecule has 3 heteroatoms. The summed E-state index contributed by atoms with van der Waals surface area (Å²) in [5.74, 6) is 0.0196. The van der Waals surface area contributed by atoms with Crippen molar-refractivity contribution in [3.05, 3.63) is 34.4 Å². The number of amides is 1. The highest BCUT2D eigenvalue weighted by Crippen LogP contribution is 2.27. The Labute approximate surface area is 88.5 Å². The fraction of sp³-hybridized carbons (Fsp3) is 0.273. The molecular weight excluding hydrogens is 194 g/mol. The average Bonchev–Trinajstić information content (AvgIpc) is 2.38. The van der Waals surface area contributed by atoms with Crippen molar-refractivity contribution in [2.24, 2.45) is 0 Å². The van der Waals surface area contributed by atoms with Crippen LogP contribution in [0.3, 0.4) is 0 Å². The van der Waals surface area contributed by atoms with Crippen molar-refractivity contribution in [1.82, 2.24) is 4.90 Å². The second-order valence-corrected chi connectivity index (χ2v) is 4.01. The maximum Gasteiger partial charge on any atom is 0.259 e. The molecule has 1 aromatic rings. The zero-order valence-electron chi connectivity index (χ0n) is 8.42. The largest absolute Gasteiger partial charge is 0.302 e. The summed E-state index contributed by atoms with van der Waals surface area (Å²) >= 11 is 5.23. The minimum absolute atomic E-state index is 0.0196. The van der Waals surface area contributed by atoms with Crippen molar-refractivity contribution < 1.29 is 4.79 Å². The number of rotatable bonds is 0. The molecule has 0 atom stereocenters. The highest BCUT2D eigenvalue weighted by molar-refractivity contribution is 7.80. The Hall–Kier alpha value is -1.22. The molecule has 2 nitrogen and oxygen atoms in total. The fourth-order valence-corrected chi connectivity index (χ4v) is 2.14. The predicted octanol–water partition coefficient (Wildman–Crippen LogP) is 2.06. The number of carbonyl (C=O) groups is 1. The van der Waals surface area contributed by atoms with Gasteiger partial charge in [-0.05, 0) is 25.0 Å². The molecule has 14 heavy (non-hydrogen) atoms. The molecule has 0 N–H and O–H groups in total. The van der Waals surface area contributed by atoms with Gasteiger partial charge in [-0.15, -0.1) is 0 Å². The Balaban J connectivity index is 2.80. The van der Waals surface area contributed by atoms with Gasteiger partial charge in [0.25, 0.3) is 5.91 Å². The van der Waals surface area contributed by atoms with Crippen LogP contribution in [0.25, 0.3) is 0 Å². The third-order valence-corrected chi connectivity index (χ3v) is 3.14. The molecule has 0 aromatic heterocycles. The van der Waals surface area contributed by atoms with Crippen LogP contribution in [0, 0.1) is 13.8 Å². The van der Waals surface area contributed by atoms with E-state index < -0.39 is 0 Å². The Morgan fingerprint density at radius 2 is 1.64 bits per heavy atom. The fourth-order valence-electron chi connectivity index (χ4n) is 1.79. The van der Waals surface area contributed by atoms with Gasteiger partial charge in [-0.1, -0.05) is 24.4 Å². The second kappa shape index (κ2) is 2.89. The van der Waals surface area contributed by atoms with Crippen molar-refractivity contribution in [3.63, 3.8) is 0 Å². The lowest BCUT2D eigenvalue weighted by molar-refractivity contribution is 0.0883. The van der Waals surface area contributed by atoms with E-state index in [9.17, 15) is 4.79 Å². The molecule has 1 aliphatic heterocycles. The van der Waals surface area contributed by atoms with Crippen LogP contribution in [0.15, 0.2) is 12.1 Å². The summed E-state index contributed by atoms with van der Waals surface area (Å²) in [7, 11) is 1.73. The molecule has 1 aromatic carbocycles. The summed E-state index contributed by atoms with van der Waals surface area (Å²) in [5, 5.41) is 0. The van der Waals surface area contributed by atoms with Crippen molar-refractivity contribution in [3.8, 4) is 0 Å². The third-order valence-electron chi connectivity index (χ3n) is 2.66. The van der Waals surface area contributed by atoms with E-state index in [2.05, 4.69) is 0 Å². The minimum Gasteiger partial charge on any atom is -0.302 e. The number of hydrogen-bond donors (Lipinski definition) is 0. The Morgan fingerprint density at radius 1 is 1.14 bits per heavy atom. The van der Waals surface area contributed by atoms with Crippen LogP contribution >= 0.6 is 12.2 Å². The predicted molar refractivity (Wildman–Crippen MR) is 59.7 cm³/mol. The lowest BCUT2D eigenvalue weighted by atomic mass is 10.00. The molecule has 0 radical (unpaired) electrons. The molecule has 1 amide bonds. The Bertz CT molecular complexity index is 410. The average molecular weight is 205 g/mol. The van der Waals surface area contributed by atoms with E-state index in [1.54, 1.807) is 11.9 Å². The molecule has 2 rings (SSSR count). The molecule has 0 spiro atoms. The van der Waals surface area contributed by atoms with Gasteiger partial charge in [-0.25, -0.2) is 0 Å². The van der Waals surface area contributed by atoms with Crippen LogP contribution in [0.2, 0.25) is 0 Å². The van der Waals surface area contributed by atoms with Crippen LogP contribution in [-0.4, -0.2) is 22.8 Å². The van der Waals surface area contributed by atoms with Crippen LogP contribution < -0.4 is 0 Å². The van der Waals surface area contributed by atoms with Crippen LogP contribution in [0.1, 0.15) is 27.0 Å². The first kappa shape index (κ1) is 9.34. The van der Waals surface area contributed by atoms with E-state index in [0.717, 1.165) is 22.3 Å². The first-order chi connectivity index (χ1) is 6.54. The van der Waals surface area contributed by atoms with Gasteiger partial charge < -0.3 is 4.90 Å². The molecule has 0 bridgehead atoms. The molecule has 72 valence electrons. The van der Waals surface area contributed by atoms with E-state index in [1.807, 2.05) is 26.0 Å². The summed E-state index contributed by atoms with van der Waals surface area (Å²) in [4.78, 5) is 14.0. The lowest BCUT2D eigenvalue weighted by Crippen LogP contribution is -2.23. The van der Waals surface area contributed by atoms with E-state index in [1.165, 1.54) is 0 Å². The zero-order chi connectivity index (χ0) is 10.5. The number of fused-ring (bicyclic) bond motifs is 1. The van der Waals surface area contributed by atoms with Crippen molar-refractivity contribution >= 4 is 23.1 Å². The topological polar surface area (TPSA) is 20.3 Å². The molecular formula is C11H11NOS. The molecule has 0 unspecified atom stereocenters. The summed E-state index contributed by atoms with van der Waals surface area (Å²) in [5.41, 5.74) is 3.79. The van der Waals surface area contributed by atoms with E-state index in [4.69, 9.17) is 12.2 Å². The van der Waals surface area contributed by atoms with Crippen molar-refractivity contribution in [1.29, 1.82) is 0 Å². The zero-order valence-corrected chi connectivity index (χ0v) is 9.23. The number of nitrogens with zero attached hydrogens (tertiary/aromatic N) is 1. The summed E-state index contributed by atoms with van der Waals surface area (Å²) in [6.07, 6.45) is 0. The standard InChI is InChI=1S/C11H11NOS/c1-6-4-5-7(2)9-8(6)10(13)12(3)11(9)14/h4-5H,1-3H3. The minimum atomic E-state index is 0.0196. The summed E-state index contributed by atoms with van der Waals surface area (Å²) < 4.78 is 0. The number of hydrogen-bond acceptors (Lipinski definition) is 2. The van der Waals surface area contributed by atoms with Gasteiger partial charge in [0.1, 0.15) is 4.99 Å². The number of thiocarbonyl (C=S) groups is 1. The smallest absolute Gasteiger partial charge is 0.259 e. The maximum atomic E-state index is 11.8. The highest BCUT2D eigenvalue weighted by atomic mass is 32.1. The SMILES string of the molecule is Cc1ccc(C)c2c1C(=O)N(C)C2=S. The first-order valence-electron chi connectivity index (χ1n) is 4.46. The van der Waals surface area contributed by atoms with Crippen molar-refractivity contribution in [2.45, 2.75) is 13.8 Å². The van der Waals surface area contributed by atoms with Crippen LogP contribution in [0.5, 0.6) is 0 Å². The summed E-state index contributed by atoms with van der Waals surface area (Å²) in [6, 6.07) is 3.97. The first-order valence-corrected chi connectivity index (χ1v) is 4.87. The van der Waals surface area contributed by atoms with Gasteiger partial charge in [0.05, 0.1) is 5.56 Å². The van der Waals surface area contributed by atoms with Gasteiger partial charge in [-0.2, -0.15) is 0 Å². The van der Waals surface area contributed by atoms with Gasteiger partial charge in [0.2, 0.25) is 0 Å². The Morgan fingerprint density at radius 3 is 2.14 bits per heavy atom. The second-order valence-electron chi connectivity index (χ2n) is 3.62. The maximum absolute atomic E-state index is 11.8. The summed E-state index contributed by atoms with van der Waals surface area (Å²) in [6.45, 7) is 3.93. The number of benzene rings is 1. The monoisotopic (exact) mass is 205 g/mol. The van der Waals surface area contributed by atoms with Gasteiger partial charge in [0.15, 0.2) is 0 Å².